The van der Waals surface area contributed by atoms with Crippen LogP contribution in [0.1, 0.15) is 12.0 Å². The second kappa shape index (κ2) is 8.28. The number of methoxy groups -OCH3 is 1. The van der Waals surface area contributed by atoms with E-state index in [-0.39, 0.29) is 25.4 Å². The number of amides is 1. The summed E-state index contributed by atoms with van der Waals surface area (Å²) in [5, 5.41) is 3.21. The molecule has 0 spiro atoms. The Balaban J connectivity index is 1.78. The smallest absolute Gasteiger partial charge is 0.261 e. The molecule has 28 heavy (non-hydrogen) atoms. The van der Waals surface area contributed by atoms with E-state index in [1.54, 1.807) is 19.2 Å². The van der Waals surface area contributed by atoms with Gasteiger partial charge in [-0.25, -0.2) is 8.42 Å². The van der Waals surface area contributed by atoms with Crippen molar-refractivity contribution in [1.29, 1.82) is 0 Å². The van der Waals surface area contributed by atoms with E-state index in [1.807, 2.05) is 24.3 Å². The minimum atomic E-state index is -3.55. The fraction of sp³-hybridized carbons (Fsp3) is 0.316. The number of sulfonamides is 1. The second-order valence-corrected chi connectivity index (χ2v) is 8.72. The molecule has 2 aromatic rings. The summed E-state index contributed by atoms with van der Waals surface area (Å²) in [6.45, 7) is 0.380. The van der Waals surface area contributed by atoms with Crippen molar-refractivity contribution in [2.75, 3.05) is 24.2 Å². The largest absolute Gasteiger partial charge is 0.496 e. The molecule has 0 saturated carbocycles. The number of nitrogens with zero attached hydrogens (tertiary/aromatic N) is 1. The molecule has 0 aromatic heterocycles. The third-order valence-corrected chi connectivity index (χ3v) is 5.81. The highest BCUT2D eigenvalue weighted by Gasteiger charge is 2.31. The second-order valence-electron chi connectivity index (χ2n) is 6.37. The van der Waals surface area contributed by atoms with Crippen LogP contribution in [-0.2, 0) is 21.4 Å². The number of hydrogen-bond donors (Lipinski definition) is 1. The zero-order valence-electron chi connectivity index (χ0n) is 15.5. The van der Waals surface area contributed by atoms with Crippen LogP contribution in [0.25, 0.3) is 0 Å². The van der Waals surface area contributed by atoms with Crippen LogP contribution in [-0.4, -0.2) is 40.3 Å². The highest BCUT2D eigenvalue weighted by Crippen LogP contribution is 2.36. The number of fused-ring (bicyclic) bond motifs is 1. The van der Waals surface area contributed by atoms with Crippen LogP contribution < -0.4 is 19.1 Å². The Morgan fingerprint density at radius 3 is 2.79 bits per heavy atom. The van der Waals surface area contributed by atoms with Crippen molar-refractivity contribution in [1.82, 2.24) is 5.32 Å². The highest BCUT2D eigenvalue weighted by atomic mass is 35.5. The summed E-state index contributed by atoms with van der Waals surface area (Å²) in [5.74, 6) is 0.639. The molecule has 0 saturated heterocycles. The maximum absolute atomic E-state index is 12.7. The molecular weight excluding hydrogens is 404 g/mol. The Morgan fingerprint density at radius 1 is 1.32 bits per heavy atom. The molecule has 150 valence electrons. The maximum Gasteiger partial charge on any atom is 0.261 e. The molecule has 2 aromatic carbocycles. The monoisotopic (exact) mass is 424 g/mol. The summed E-state index contributed by atoms with van der Waals surface area (Å²) in [6, 6.07) is 12.1. The molecule has 0 fully saturated rings. The molecule has 1 aliphatic heterocycles. The van der Waals surface area contributed by atoms with Crippen molar-refractivity contribution in [2.24, 2.45) is 0 Å². The topological polar surface area (TPSA) is 84.9 Å². The average molecular weight is 425 g/mol. The number of benzene rings is 2. The van der Waals surface area contributed by atoms with Gasteiger partial charge in [0.05, 0.1) is 19.1 Å². The van der Waals surface area contributed by atoms with Gasteiger partial charge in [0.15, 0.2) is 6.10 Å². The van der Waals surface area contributed by atoms with Crippen molar-refractivity contribution in [2.45, 2.75) is 19.1 Å². The first-order chi connectivity index (χ1) is 13.3. The lowest BCUT2D eigenvalue weighted by molar-refractivity contribution is -0.128. The van der Waals surface area contributed by atoms with E-state index in [4.69, 9.17) is 21.1 Å². The molecule has 1 heterocycles. The standard InChI is InChI=1S/C19H21ClN2O5S/c1-26-16-6-4-3-5-13(16)12-21-19(23)18-9-10-22(28(2,24)25)15-11-14(20)7-8-17(15)27-18/h3-8,11,18H,9-10,12H2,1-2H3,(H,21,23). The Labute approximate surface area is 169 Å². The number of carbonyl (C=O) groups is 1. The molecule has 1 amide bonds. The number of ether oxygens (including phenoxy) is 2. The van der Waals surface area contributed by atoms with Crippen LogP contribution in [0.2, 0.25) is 5.02 Å². The van der Waals surface area contributed by atoms with Crippen molar-refractivity contribution in [3.63, 3.8) is 0 Å². The lowest BCUT2D eigenvalue weighted by atomic mass is 10.2. The Bertz CT molecular complexity index is 980. The van der Waals surface area contributed by atoms with Crippen LogP contribution in [0.15, 0.2) is 42.5 Å². The van der Waals surface area contributed by atoms with Gasteiger partial charge < -0.3 is 14.8 Å². The van der Waals surface area contributed by atoms with E-state index in [0.717, 1.165) is 11.8 Å². The summed E-state index contributed by atoms with van der Waals surface area (Å²) in [6.07, 6.45) is 0.484. The van der Waals surface area contributed by atoms with Crippen LogP contribution >= 0.6 is 11.6 Å². The molecule has 1 atom stereocenters. The Hall–Kier alpha value is -2.45. The summed E-state index contributed by atoms with van der Waals surface area (Å²) >= 11 is 6.02. The minimum Gasteiger partial charge on any atom is -0.496 e. The fourth-order valence-electron chi connectivity index (χ4n) is 3.03. The predicted octanol–water partition coefficient (Wildman–Crippen LogP) is 2.58. The molecule has 0 bridgehead atoms. The lowest BCUT2D eigenvalue weighted by Crippen LogP contribution is -2.39. The van der Waals surface area contributed by atoms with Crippen molar-refractivity contribution in [3.05, 3.63) is 53.1 Å². The third-order valence-electron chi connectivity index (χ3n) is 4.39. The quantitative estimate of drug-likeness (QED) is 0.797. The first-order valence-electron chi connectivity index (χ1n) is 8.63. The highest BCUT2D eigenvalue weighted by molar-refractivity contribution is 7.92. The summed E-state index contributed by atoms with van der Waals surface area (Å²) in [5.41, 5.74) is 1.16. The molecule has 1 aliphatic rings. The number of rotatable bonds is 5. The van der Waals surface area contributed by atoms with Gasteiger partial charge in [-0.3, -0.25) is 9.10 Å². The van der Waals surface area contributed by atoms with E-state index in [2.05, 4.69) is 5.32 Å². The molecule has 0 aliphatic carbocycles. The number of anilines is 1. The normalized spacial score (nSPS) is 16.5. The minimum absolute atomic E-state index is 0.110. The van der Waals surface area contributed by atoms with Gasteiger partial charge in [-0.05, 0) is 24.3 Å². The van der Waals surface area contributed by atoms with Gasteiger partial charge in [-0.1, -0.05) is 29.8 Å². The zero-order valence-corrected chi connectivity index (χ0v) is 17.1. The number of carbonyl (C=O) groups excluding carboxylic acids is 1. The van der Waals surface area contributed by atoms with Crippen LogP contribution in [0, 0.1) is 0 Å². The van der Waals surface area contributed by atoms with Crippen molar-refractivity contribution >= 4 is 33.2 Å². The van der Waals surface area contributed by atoms with Gasteiger partial charge in [0.2, 0.25) is 10.0 Å². The van der Waals surface area contributed by atoms with E-state index in [1.165, 1.54) is 10.4 Å². The van der Waals surface area contributed by atoms with Crippen molar-refractivity contribution < 1.29 is 22.7 Å². The third kappa shape index (κ3) is 4.51. The van der Waals surface area contributed by atoms with E-state index < -0.39 is 16.1 Å². The van der Waals surface area contributed by atoms with E-state index >= 15 is 0 Å². The summed E-state index contributed by atoms with van der Waals surface area (Å²) in [4.78, 5) is 12.7. The molecule has 0 radical (unpaired) electrons. The lowest BCUT2D eigenvalue weighted by Gasteiger charge is -2.21. The first-order valence-corrected chi connectivity index (χ1v) is 10.9. The van der Waals surface area contributed by atoms with Crippen molar-refractivity contribution in [3.8, 4) is 11.5 Å². The van der Waals surface area contributed by atoms with Crippen LogP contribution in [0.4, 0.5) is 5.69 Å². The maximum atomic E-state index is 12.7. The molecule has 3 rings (SSSR count). The average Bonchev–Trinajstić information content (AvgIpc) is 2.85. The van der Waals surface area contributed by atoms with Gasteiger partial charge in [0.25, 0.3) is 5.91 Å². The first kappa shape index (κ1) is 20.3. The summed E-state index contributed by atoms with van der Waals surface area (Å²) in [7, 11) is -1.98. The molecule has 9 heteroatoms. The SMILES string of the molecule is COc1ccccc1CNC(=O)C1CCN(S(C)(=O)=O)c2cc(Cl)ccc2O1. The number of para-hydroxylation sites is 1. The van der Waals surface area contributed by atoms with Crippen LogP contribution in [0.3, 0.4) is 0 Å². The van der Waals surface area contributed by atoms with Crippen LogP contribution in [0.5, 0.6) is 11.5 Å². The van der Waals surface area contributed by atoms with Gasteiger partial charge >= 0.3 is 0 Å². The number of halogens is 1. The fourth-order valence-corrected chi connectivity index (χ4v) is 4.13. The van der Waals surface area contributed by atoms with Gasteiger partial charge in [-0.15, -0.1) is 0 Å². The molecular formula is C19H21ClN2O5S. The van der Waals surface area contributed by atoms with Gasteiger partial charge in [0, 0.05) is 30.1 Å². The Morgan fingerprint density at radius 2 is 2.07 bits per heavy atom. The summed E-state index contributed by atoms with van der Waals surface area (Å²) < 4.78 is 36.7. The zero-order chi connectivity index (χ0) is 20.3. The number of nitrogens with one attached hydrogen (secondary N) is 1. The molecule has 1 unspecified atom stereocenters. The predicted molar refractivity (Wildman–Crippen MR) is 108 cm³/mol. The van der Waals surface area contributed by atoms with Gasteiger partial charge in [-0.2, -0.15) is 0 Å². The number of hydrogen-bond acceptors (Lipinski definition) is 5. The Kier molecular flexibility index (Phi) is 6.00. The van der Waals surface area contributed by atoms with Gasteiger partial charge in [0.1, 0.15) is 11.5 Å². The molecule has 1 N–H and O–H groups in total. The van der Waals surface area contributed by atoms with E-state index in [9.17, 15) is 13.2 Å². The molecule has 7 nitrogen and oxygen atoms in total. The van der Waals surface area contributed by atoms with E-state index in [0.29, 0.717) is 22.2 Å².